The van der Waals surface area contributed by atoms with Gasteiger partial charge in [-0.3, -0.25) is 20.6 Å². The van der Waals surface area contributed by atoms with Crippen molar-refractivity contribution >= 4 is 11.6 Å². The minimum absolute atomic E-state index is 0.308. The number of aromatic nitrogens is 1. The third-order valence-electron chi connectivity index (χ3n) is 3.56. The first kappa shape index (κ1) is 15.5. The van der Waals surface area contributed by atoms with Crippen LogP contribution < -0.4 is 10.9 Å². The Labute approximate surface area is 140 Å². The molecule has 0 saturated carbocycles. The summed E-state index contributed by atoms with van der Waals surface area (Å²) in [4.78, 5) is 15.9. The van der Waals surface area contributed by atoms with Crippen molar-refractivity contribution < 1.29 is 4.79 Å². The molecule has 24 heavy (non-hydrogen) atoms. The molecule has 0 radical (unpaired) electrons. The summed E-state index contributed by atoms with van der Waals surface area (Å²) in [5.41, 5.74) is 9.56. The van der Waals surface area contributed by atoms with Crippen LogP contribution in [0.3, 0.4) is 0 Å². The first-order valence-electron chi connectivity index (χ1n) is 7.56. The van der Waals surface area contributed by atoms with Crippen LogP contribution in [0.2, 0.25) is 0 Å². The molecule has 0 unspecified atom stereocenters. The lowest BCUT2D eigenvalue weighted by Crippen LogP contribution is -2.36. The van der Waals surface area contributed by atoms with Gasteiger partial charge in [-0.2, -0.15) is 0 Å². The number of hydrogen-bond acceptors (Lipinski definition) is 3. The van der Waals surface area contributed by atoms with Gasteiger partial charge in [0.2, 0.25) is 0 Å². The first-order valence-corrected chi connectivity index (χ1v) is 7.56. The number of carbonyl (C=O) groups excluding carboxylic acids is 1. The van der Waals surface area contributed by atoms with Gasteiger partial charge in [0.25, 0.3) is 5.91 Å². The molecule has 4 heteroatoms. The lowest BCUT2D eigenvalue weighted by atomic mass is 10.0. The lowest BCUT2D eigenvalue weighted by molar-refractivity contribution is 0.0937. The van der Waals surface area contributed by atoms with E-state index < -0.39 is 0 Å². The van der Waals surface area contributed by atoms with Gasteiger partial charge < -0.3 is 0 Å². The van der Waals surface area contributed by atoms with Crippen molar-refractivity contribution in [3.05, 3.63) is 96.8 Å². The third kappa shape index (κ3) is 3.67. The van der Waals surface area contributed by atoms with Crippen molar-refractivity contribution in [2.75, 3.05) is 0 Å². The highest BCUT2D eigenvalue weighted by Crippen LogP contribution is 2.20. The molecule has 1 heterocycles. The molecule has 3 aromatic rings. The number of hydrogen-bond donors (Lipinski definition) is 2. The van der Waals surface area contributed by atoms with Gasteiger partial charge in [0.15, 0.2) is 0 Å². The molecule has 0 saturated heterocycles. The molecule has 0 aliphatic carbocycles. The highest BCUT2D eigenvalue weighted by molar-refractivity contribution is 5.92. The van der Waals surface area contributed by atoms with Crippen LogP contribution in [-0.4, -0.2) is 10.9 Å². The average Bonchev–Trinajstić information content (AvgIpc) is 2.67. The fourth-order valence-electron chi connectivity index (χ4n) is 2.26. The van der Waals surface area contributed by atoms with E-state index in [-0.39, 0.29) is 5.91 Å². The van der Waals surface area contributed by atoms with Crippen molar-refractivity contribution in [1.82, 2.24) is 15.8 Å². The Hall–Kier alpha value is -3.40. The van der Waals surface area contributed by atoms with Crippen molar-refractivity contribution in [3.63, 3.8) is 0 Å². The second-order valence-electron chi connectivity index (χ2n) is 5.22. The molecule has 0 atom stereocenters. The summed E-state index contributed by atoms with van der Waals surface area (Å²) in [5.74, 6) is -0.308. The van der Waals surface area contributed by atoms with Gasteiger partial charge in [-0.1, -0.05) is 67.2 Å². The first-order chi connectivity index (χ1) is 11.7. The van der Waals surface area contributed by atoms with Crippen LogP contribution in [0.15, 0.2) is 85.6 Å². The maximum absolute atomic E-state index is 11.9. The average molecular weight is 315 g/mol. The van der Waals surface area contributed by atoms with Gasteiger partial charge in [0, 0.05) is 6.20 Å². The van der Waals surface area contributed by atoms with E-state index in [0.717, 1.165) is 16.7 Å². The second-order valence-corrected chi connectivity index (χ2v) is 5.22. The topological polar surface area (TPSA) is 54.0 Å². The SMILES string of the molecule is C=C(NNC(=O)c1ccccn1)c1ccc(-c2ccccc2)cc1. The molecule has 118 valence electrons. The number of benzene rings is 2. The molecule has 1 aromatic heterocycles. The fraction of sp³-hybridized carbons (Fsp3) is 0. The second kappa shape index (κ2) is 7.24. The van der Waals surface area contributed by atoms with Crippen LogP contribution in [0, 0.1) is 0 Å². The van der Waals surface area contributed by atoms with Crippen molar-refractivity contribution in [2.24, 2.45) is 0 Å². The minimum atomic E-state index is -0.308. The monoisotopic (exact) mass is 315 g/mol. The van der Waals surface area contributed by atoms with Gasteiger partial charge >= 0.3 is 0 Å². The Morgan fingerprint density at radius 1 is 0.792 bits per heavy atom. The van der Waals surface area contributed by atoms with E-state index in [2.05, 4.69) is 34.5 Å². The smallest absolute Gasteiger partial charge is 0.288 e. The number of amides is 1. The van der Waals surface area contributed by atoms with Crippen LogP contribution in [0.1, 0.15) is 16.1 Å². The van der Waals surface area contributed by atoms with E-state index in [4.69, 9.17) is 0 Å². The minimum Gasteiger partial charge on any atom is -0.298 e. The number of nitrogens with zero attached hydrogens (tertiary/aromatic N) is 1. The zero-order valence-electron chi connectivity index (χ0n) is 13.1. The predicted molar refractivity (Wildman–Crippen MR) is 95.8 cm³/mol. The summed E-state index contributed by atoms with van der Waals surface area (Å²) in [6, 6.07) is 23.3. The van der Waals surface area contributed by atoms with E-state index in [1.165, 1.54) is 0 Å². The van der Waals surface area contributed by atoms with Gasteiger partial charge in [-0.15, -0.1) is 0 Å². The molecule has 0 bridgehead atoms. The standard InChI is InChI=1S/C20H17N3O/c1-15(22-23-20(24)19-9-5-6-14-21-19)16-10-12-18(13-11-16)17-7-3-2-4-8-17/h2-14,22H,1H2,(H,23,24). The number of carbonyl (C=O) groups is 1. The summed E-state index contributed by atoms with van der Waals surface area (Å²) in [7, 11) is 0. The number of hydrazine groups is 1. The van der Waals surface area contributed by atoms with Crippen LogP contribution in [0.5, 0.6) is 0 Å². The summed E-state index contributed by atoms with van der Waals surface area (Å²) in [6.07, 6.45) is 1.58. The summed E-state index contributed by atoms with van der Waals surface area (Å²) in [5, 5.41) is 0. The van der Waals surface area contributed by atoms with E-state index >= 15 is 0 Å². The van der Waals surface area contributed by atoms with Crippen LogP contribution in [0.25, 0.3) is 16.8 Å². The van der Waals surface area contributed by atoms with E-state index in [9.17, 15) is 4.79 Å². The molecule has 2 aromatic carbocycles. The van der Waals surface area contributed by atoms with Crippen LogP contribution in [-0.2, 0) is 0 Å². The van der Waals surface area contributed by atoms with Gasteiger partial charge in [-0.05, 0) is 28.8 Å². The molecule has 0 fully saturated rings. The molecule has 1 amide bonds. The molecule has 0 aliphatic heterocycles. The maximum Gasteiger partial charge on any atom is 0.288 e. The summed E-state index contributed by atoms with van der Waals surface area (Å²) < 4.78 is 0. The molecule has 0 aliphatic rings. The number of pyridine rings is 1. The maximum atomic E-state index is 11.9. The molecule has 4 nitrogen and oxygen atoms in total. The molecular weight excluding hydrogens is 298 g/mol. The predicted octanol–water partition coefficient (Wildman–Crippen LogP) is 3.65. The Morgan fingerprint density at radius 2 is 1.46 bits per heavy atom. The van der Waals surface area contributed by atoms with E-state index in [1.807, 2.05) is 42.5 Å². The Morgan fingerprint density at radius 3 is 2.12 bits per heavy atom. The van der Waals surface area contributed by atoms with Gasteiger partial charge in [0.05, 0.1) is 5.70 Å². The quantitative estimate of drug-likeness (QED) is 0.707. The Bertz CT molecular complexity index is 828. The summed E-state index contributed by atoms with van der Waals surface area (Å²) in [6.45, 7) is 3.95. The molecular formula is C20H17N3O. The lowest BCUT2D eigenvalue weighted by Gasteiger charge is -2.11. The van der Waals surface area contributed by atoms with Crippen LogP contribution >= 0.6 is 0 Å². The summed E-state index contributed by atoms with van der Waals surface area (Å²) >= 11 is 0. The normalized spacial score (nSPS) is 10.0. The largest absolute Gasteiger partial charge is 0.298 e. The van der Waals surface area contributed by atoms with Crippen molar-refractivity contribution in [2.45, 2.75) is 0 Å². The van der Waals surface area contributed by atoms with E-state index in [0.29, 0.717) is 11.4 Å². The highest BCUT2D eigenvalue weighted by Gasteiger charge is 2.06. The van der Waals surface area contributed by atoms with Crippen molar-refractivity contribution in [3.8, 4) is 11.1 Å². The van der Waals surface area contributed by atoms with Gasteiger partial charge in [0.1, 0.15) is 5.69 Å². The zero-order chi connectivity index (χ0) is 16.8. The van der Waals surface area contributed by atoms with E-state index in [1.54, 1.807) is 24.4 Å². The van der Waals surface area contributed by atoms with Gasteiger partial charge in [-0.25, -0.2) is 0 Å². The zero-order valence-corrected chi connectivity index (χ0v) is 13.1. The Kier molecular flexibility index (Phi) is 4.68. The molecule has 3 rings (SSSR count). The molecule has 0 spiro atoms. The fourth-order valence-corrected chi connectivity index (χ4v) is 2.26. The Balaban J connectivity index is 1.62. The highest BCUT2D eigenvalue weighted by atomic mass is 16.2. The number of nitrogens with one attached hydrogen (secondary N) is 2. The van der Waals surface area contributed by atoms with Crippen LogP contribution in [0.4, 0.5) is 0 Å². The van der Waals surface area contributed by atoms with Crippen molar-refractivity contribution in [1.29, 1.82) is 0 Å². The number of rotatable bonds is 5. The third-order valence-corrected chi connectivity index (χ3v) is 3.56. The molecule has 2 N–H and O–H groups in total.